The van der Waals surface area contributed by atoms with E-state index in [1.54, 1.807) is 19.1 Å². The van der Waals surface area contributed by atoms with E-state index >= 15 is 0 Å². The highest BCUT2D eigenvalue weighted by molar-refractivity contribution is 9.10. The molecule has 1 unspecified atom stereocenters. The van der Waals surface area contributed by atoms with Crippen molar-refractivity contribution in [2.75, 3.05) is 6.54 Å². The lowest BCUT2D eigenvalue weighted by molar-refractivity contribution is -0.127. The molecule has 102 valence electrons. The fourth-order valence-electron chi connectivity index (χ4n) is 1.19. The van der Waals surface area contributed by atoms with Gasteiger partial charge in [0.1, 0.15) is 5.75 Å². The highest BCUT2D eigenvalue weighted by Crippen LogP contribution is 2.17. The Balaban J connectivity index is 0.00000289. The second-order valence-electron chi connectivity index (χ2n) is 3.86. The molecular weight excluding hydrogens is 320 g/mol. The summed E-state index contributed by atoms with van der Waals surface area (Å²) < 4.78 is 6.47. The second-order valence-corrected chi connectivity index (χ2v) is 4.78. The molecule has 1 aromatic rings. The Kier molecular flexibility index (Phi) is 7.98. The number of carbonyl (C=O) groups is 1. The van der Waals surface area contributed by atoms with Crippen LogP contribution in [0.1, 0.15) is 13.8 Å². The quantitative estimate of drug-likeness (QED) is 0.865. The van der Waals surface area contributed by atoms with Gasteiger partial charge in [0.2, 0.25) is 0 Å². The highest BCUT2D eigenvalue weighted by atomic mass is 79.9. The Morgan fingerprint density at radius 1 is 1.39 bits per heavy atom. The Morgan fingerprint density at radius 2 is 1.94 bits per heavy atom. The molecule has 0 radical (unpaired) electrons. The van der Waals surface area contributed by atoms with E-state index < -0.39 is 6.10 Å². The van der Waals surface area contributed by atoms with E-state index in [-0.39, 0.29) is 24.4 Å². The molecule has 0 aliphatic heterocycles. The minimum atomic E-state index is -0.537. The van der Waals surface area contributed by atoms with Gasteiger partial charge in [-0.25, -0.2) is 0 Å². The van der Waals surface area contributed by atoms with Gasteiger partial charge in [0.25, 0.3) is 5.91 Å². The summed E-state index contributed by atoms with van der Waals surface area (Å²) in [5, 5.41) is 2.76. The Labute approximate surface area is 122 Å². The third-order valence-corrected chi connectivity index (χ3v) is 2.77. The lowest BCUT2D eigenvalue weighted by Crippen LogP contribution is -2.44. The monoisotopic (exact) mass is 336 g/mol. The minimum absolute atomic E-state index is 0. The summed E-state index contributed by atoms with van der Waals surface area (Å²) in [6.45, 7) is 3.97. The molecule has 6 heteroatoms. The zero-order chi connectivity index (χ0) is 12.8. The van der Waals surface area contributed by atoms with E-state index in [1.165, 1.54) is 0 Å². The van der Waals surface area contributed by atoms with Gasteiger partial charge < -0.3 is 15.8 Å². The van der Waals surface area contributed by atoms with E-state index in [4.69, 9.17) is 10.5 Å². The molecule has 1 amide bonds. The molecule has 0 fully saturated rings. The number of amides is 1. The van der Waals surface area contributed by atoms with Crippen LogP contribution in [0.15, 0.2) is 28.7 Å². The summed E-state index contributed by atoms with van der Waals surface area (Å²) in [6, 6.07) is 7.30. The second kappa shape index (κ2) is 8.34. The first-order valence-electron chi connectivity index (χ1n) is 5.45. The molecule has 3 N–H and O–H groups in total. The van der Waals surface area contributed by atoms with Gasteiger partial charge in [-0.15, -0.1) is 12.4 Å². The molecule has 1 rings (SSSR count). The molecule has 18 heavy (non-hydrogen) atoms. The lowest BCUT2D eigenvalue weighted by atomic mass is 10.3. The van der Waals surface area contributed by atoms with Crippen molar-refractivity contribution in [1.29, 1.82) is 0 Å². The van der Waals surface area contributed by atoms with Crippen LogP contribution in [-0.2, 0) is 4.79 Å². The van der Waals surface area contributed by atoms with Crippen molar-refractivity contribution in [3.05, 3.63) is 28.7 Å². The third-order valence-electron chi connectivity index (χ3n) is 2.24. The highest BCUT2D eigenvalue weighted by Gasteiger charge is 2.15. The molecular formula is C12H18BrClN2O2. The molecule has 4 nitrogen and oxygen atoms in total. The van der Waals surface area contributed by atoms with Crippen LogP contribution in [0.25, 0.3) is 0 Å². The first-order chi connectivity index (χ1) is 8.02. The fourth-order valence-corrected chi connectivity index (χ4v) is 1.45. The van der Waals surface area contributed by atoms with Gasteiger partial charge in [-0.05, 0) is 38.1 Å². The van der Waals surface area contributed by atoms with Crippen molar-refractivity contribution in [3.8, 4) is 5.75 Å². The number of halogens is 2. The number of nitrogens with one attached hydrogen (secondary N) is 1. The van der Waals surface area contributed by atoms with E-state index in [9.17, 15) is 4.79 Å². The molecule has 0 aliphatic carbocycles. The smallest absolute Gasteiger partial charge is 0.261 e. The van der Waals surface area contributed by atoms with E-state index in [0.717, 1.165) is 4.47 Å². The lowest BCUT2D eigenvalue weighted by Gasteiger charge is -2.17. The number of hydrogen-bond acceptors (Lipinski definition) is 3. The van der Waals surface area contributed by atoms with Crippen LogP contribution in [0.2, 0.25) is 0 Å². The van der Waals surface area contributed by atoms with Crippen LogP contribution in [0.3, 0.4) is 0 Å². The minimum Gasteiger partial charge on any atom is -0.481 e. The number of hydrogen-bond donors (Lipinski definition) is 2. The maximum atomic E-state index is 11.7. The van der Waals surface area contributed by atoms with Crippen LogP contribution in [0.5, 0.6) is 5.75 Å². The van der Waals surface area contributed by atoms with Crippen molar-refractivity contribution < 1.29 is 9.53 Å². The molecule has 0 spiro atoms. The number of rotatable bonds is 5. The largest absolute Gasteiger partial charge is 0.481 e. The zero-order valence-electron chi connectivity index (χ0n) is 10.4. The summed E-state index contributed by atoms with van der Waals surface area (Å²) >= 11 is 3.33. The van der Waals surface area contributed by atoms with Crippen LogP contribution in [-0.4, -0.2) is 24.6 Å². The maximum absolute atomic E-state index is 11.7. The number of carbonyl (C=O) groups excluding carboxylic acids is 1. The first-order valence-corrected chi connectivity index (χ1v) is 6.25. The maximum Gasteiger partial charge on any atom is 0.261 e. The Hall–Kier alpha value is -0.780. The van der Waals surface area contributed by atoms with E-state index in [0.29, 0.717) is 12.3 Å². The summed E-state index contributed by atoms with van der Waals surface area (Å²) in [4.78, 5) is 11.7. The average Bonchev–Trinajstić information content (AvgIpc) is 2.31. The number of nitrogens with two attached hydrogens (primary N) is 1. The summed E-state index contributed by atoms with van der Waals surface area (Å²) in [6.07, 6.45) is -0.537. The molecule has 0 bridgehead atoms. The van der Waals surface area contributed by atoms with Gasteiger partial charge in [-0.3, -0.25) is 4.79 Å². The summed E-state index contributed by atoms with van der Waals surface area (Å²) in [5.41, 5.74) is 5.43. The standard InChI is InChI=1S/C12H17BrN2O2.ClH/c1-8(7-14)15-12(16)9(2)17-11-5-3-10(13)4-6-11;/h3-6,8-9H,7,14H2,1-2H3,(H,15,16);1H/t8-,9?;/m0./s1. The van der Waals surface area contributed by atoms with Gasteiger partial charge in [0.15, 0.2) is 6.10 Å². The number of ether oxygens (including phenoxy) is 1. The van der Waals surface area contributed by atoms with Crippen molar-refractivity contribution in [2.45, 2.75) is 26.0 Å². The van der Waals surface area contributed by atoms with Crippen molar-refractivity contribution in [3.63, 3.8) is 0 Å². The van der Waals surface area contributed by atoms with Crippen molar-refractivity contribution in [2.24, 2.45) is 5.73 Å². The Bertz CT molecular complexity index is 373. The molecule has 0 saturated heterocycles. The number of benzene rings is 1. The first kappa shape index (κ1) is 17.2. The zero-order valence-corrected chi connectivity index (χ0v) is 12.8. The van der Waals surface area contributed by atoms with Gasteiger partial charge in [0.05, 0.1) is 0 Å². The molecule has 0 saturated carbocycles. The van der Waals surface area contributed by atoms with E-state index in [1.807, 2.05) is 19.1 Å². The molecule has 0 aromatic heterocycles. The summed E-state index contributed by atoms with van der Waals surface area (Å²) in [7, 11) is 0. The predicted molar refractivity (Wildman–Crippen MR) is 78.1 cm³/mol. The molecule has 1 aromatic carbocycles. The van der Waals surface area contributed by atoms with E-state index in [2.05, 4.69) is 21.2 Å². The molecule has 0 aliphatic rings. The van der Waals surface area contributed by atoms with Crippen molar-refractivity contribution >= 4 is 34.2 Å². The normalized spacial score (nSPS) is 13.1. The third kappa shape index (κ3) is 5.71. The van der Waals surface area contributed by atoms with Crippen LogP contribution in [0.4, 0.5) is 0 Å². The van der Waals surface area contributed by atoms with Crippen molar-refractivity contribution in [1.82, 2.24) is 5.32 Å². The van der Waals surface area contributed by atoms with Crippen LogP contribution >= 0.6 is 28.3 Å². The van der Waals surface area contributed by atoms with Crippen LogP contribution < -0.4 is 15.8 Å². The van der Waals surface area contributed by atoms with Gasteiger partial charge >= 0.3 is 0 Å². The molecule has 2 atom stereocenters. The van der Waals surface area contributed by atoms with Crippen LogP contribution in [0, 0.1) is 0 Å². The average molecular weight is 338 g/mol. The van der Waals surface area contributed by atoms with Gasteiger partial charge in [0, 0.05) is 17.1 Å². The topological polar surface area (TPSA) is 64.3 Å². The SMILES string of the molecule is CC(Oc1ccc(Br)cc1)C(=O)N[C@@H](C)CN.Cl. The summed E-state index contributed by atoms with van der Waals surface area (Å²) in [5.74, 6) is 0.502. The predicted octanol–water partition coefficient (Wildman–Crippen LogP) is 2.10. The Morgan fingerprint density at radius 3 is 2.44 bits per heavy atom. The van der Waals surface area contributed by atoms with Gasteiger partial charge in [-0.1, -0.05) is 15.9 Å². The van der Waals surface area contributed by atoms with Gasteiger partial charge in [-0.2, -0.15) is 0 Å². The molecule has 0 heterocycles. The fraction of sp³-hybridized carbons (Fsp3) is 0.417.